The van der Waals surface area contributed by atoms with Gasteiger partial charge < -0.3 is 29.0 Å². The van der Waals surface area contributed by atoms with Crippen LogP contribution in [0.4, 0.5) is 5.69 Å². The van der Waals surface area contributed by atoms with Gasteiger partial charge in [0.2, 0.25) is 10.9 Å². The standard InChI is InChI=1S/C22H23N3O5.C12H12N2O3/c1-4-25-12-18(20(27)17-11-6-14(3)23-21(17)25)22(28)30-13-19(26)24-15-7-9-16(10-8-15)29-5-2;1-3-14-6-9(12(16)17)10(15)8-5-4-7(2)13-11(8)14/h6-12H,4-5,13H2,1-3H3,(H,24,26);4-6H,3H2,1-2H3,(H,16,17). The fourth-order valence-corrected chi connectivity index (χ4v) is 4.71. The number of carboxylic acids is 1. The summed E-state index contributed by atoms with van der Waals surface area (Å²) in [5, 5.41) is 12.3. The Labute approximate surface area is 269 Å². The summed E-state index contributed by atoms with van der Waals surface area (Å²) in [5.41, 5.74) is 1.83. The Morgan fingerprint density at radius 2 is 1.28 bits per heavy atom. The van der Waals surface area contributed by atoms with E-state index in [0.717, 1.165) is 11.4 Å². The fourth-order valence-electron chi connectivity index (χ4n) is 4.71. The molecule has 5 rings (SSSR count). The van der Waals surface area contributed by atoms with Crippen LogP contribution in [-0.4, -0.2) is 55.3 Å². The minimum Gasteiger partial charge on any atom is -0.494 e. The molecule has 1 aromatic carbocycles. The number of carbonyl (C=O) groups excluding carboxylic acids is 2. The second kappa shape index (κ2) is 15.0. The number of nitrogens with zero attached hydrogens (tertiary/aromatic N) is 4. The fraction of sp³-hybridized carbons (Fsp3) is 0.265. The summed E-state index contributed by atoms with van der Waals surface area (Å²) >= 11 is 0. The molecule has 244 valence electrons. The van der Waals surface area contributed by atoms with Crippen molar-refractivity contribution >= 4 is 45.6 Å². The second-order valence-electron chi connectivity index (χ2n) is 10.4. The average molecular weight is 642 g/mol. The van der Waals surface area contributed by atoms with Crippen LogP contribution in [0.1, 0.15) is 52.9 Å². The summed E-state index contributed by atoms with van der Waals surface area (Å²) in [6, 6.07) is 13.5. The van der Waals surface area contributed by atoms with Crippen LogP contribution in [0.3, 0.4) is 0 Å². The van der Waals surface area contributed by atoms with Gasteiger partial charge in [0.15, 0.2) is 6.61 Å². The molecule has 0 bridgehead atoms. The number of hydrogen-bond donors (Lipinski definition) is 2. The molecule has 0 spiro atoms. The third-order valence-electron chi connectivity index (χ3n) is 7.04. The topological polar surface area (TPSA) is 172 Å². The SMILES string of the molecule is CCOc1ccc(NC(=O)COC(=O)c2cn(CC)c3nc(C)ccc3c2=O)cc1.CCn1cc(C(=O)O)c(=O)c2ccc(C)nc21. The number of carbonyl (C=O) groups is 3. The summed E-state index contributed by atoms with van der Waals surface area (Å²) in [4.78, 5) is 68.8. The number of rotatable bonds is 9. The maximum absolute atomic E-state index is 12.7. The molecular formula is C34H35N5O8. The number of hydrogen-bond acceptors (Lipinski definition) is 9. The lowest BCUT2D eigenvalue weighted by Crippen LogP contribution is -2.25. The maximum Gasteiger partial charge on any atom is 0.344 e. The number of nitrogens with one attached hydrogen (secondary N) is 1. The first kappa shape index (κ1) is 34.0. The van der Waals surface area contributed by atoms with Crippen molar-refractivity contribution in [1.82, 2.24) is 19.1 Å². The van der Waals surface area contributed by atoms with E-state index in [0.29, 0.717) is 53.2 Å². The molecule has 1 amide bonds. The second-order valence-corrected chi connectivity index (χ2v) is 10.4. The Bertz CT molecular complexity index is 2080. The molecule has 0 aliphatic heterocycles. The van der Waals surface area contributed by atoms with Crippen molar-refractivity contribution in [2.75, 3.05) is 18.5 Å². The molecule has 2 N–H and O–H groups in total. The predicted octanol–water partition coefficient (Wildman–Crippen LogP) is 4.34. The van der Waals surface area contributed by atoms with Gasteiger partial charge in [-0.15, -0.1) is 0 Å². The number of carboxylic acid groups (broad SMARTS) is 1. The lowest BCUT2D eigenvalue weighted by Gasteiger charge is -2.11. The van der Waals surface area contributed by atoms with Gasteiger partial charge >= 0.3 is 11.9 Å². The molecule has 4 aromatic heterocycles. The molecule has 47 heavy (non-hydrogen) atoms. The van der Waals surface area contributed by atoms with E-state index in [4.69, 9.17) is 14.6 Å². The van der Waals surface area contributed by atoms with Gasteiger partial charge in [0.1, 0.15) is 28.2 Å². The summed E-state index contributed by atoms with van der Waals surface area (Å²) in [5.74, 6) is -1.89. The quantitative estimate of drug-likeness (QED) is 0.221. The first-order valence-corrected chi connectivity index (χ1v) is 14.9. The Hall–Kier alpha value is -5.85. The largest absolute Gasteiger partial charge is 0.494 e. The molecule has 0 saturated carbocycles. The van der Waals surface area contributed by atoms with Crippen molar-refractivity contribution in [3.8, 4) is 5.75 Å². The van der Waals surface area contributed by atoms with Crippen LogP contribution in [-0.2, 0) is 22.6 Å². The number of fused-ring (bicyclic) bond motifs is 2. The van der Waals surface area contributed by atoms with E-state index in [-0.39, 0.29) is 11.1 Å². The summed E-state index contributed by atoms with van der Waals surface area (Å²) < 4.78 is 13.8. The minimum atomic E-state index is -1.21. The Balaban J connectivity index is 0.000000248. The molecule has 0 radical (unpaired) electrons. The van der Waals surface area contributed by atoms with Crippen molar-refractivity contribution in [1.29, 1.82) is 0 Å². The predicted molar refractivity (Wildman–Crippen MR) is 176 cm³/mol. The van der Waals surface area contributed by atoms with Crippen LogP contribution in [0.2, 0.25) is 0 Å². The number of pyridine rings is 4. The Morgan fingerprint density at radius 3 is 1.77 bits per heavy atom. The van der Waals surface area contributed by atoms with Crippen molar-refractivity contribution in [3.63, 3.8) is 0 Å². The number of amides is 1. The van der Waals surface area contributed by atoms with Crippen molar-refractivity contribution in [3.05, 3.63) is 104 Å². The van der Waals surface area contributed by atoms with Gasteiger partial charge in [0.05, 0.1) is 17.4 Å². The molecule has 0 fully saturated rings. The van der Waals surface area contributed by atoms with Crippen LogP contribution in [0.5, 0.6) is 5.75 Å². The summed E-state index contributed by atoms with van der Waals surface area (Å²) in [6.45, 7) is 10.4. The Kier molecular flexibility index (Phi) is 10.8. The van der Waals surface area contributed by atoms with Crippen molar-refractivity contribution in [2.24, 2.45) is 0 Å². The van der Waals surface area contributed by atoms with Crippen LogP contribution in [0.15, 0.2) is 70.5 Å². The summed E-state index contributed by atoms with van der Waals surface area (Å²) in [6.07, 6.45) is 2.77. The van der Waals surface area contributed by atoms with Gasteiger partial charge in [-0.25, -0.2) is 19.6 Å². The van der Waals surface area contributed by atoms with Gasteiger partial charge in [-0.1, -0.05) is 0 Å². The number of ether oxygens (including phenoxy) is 2. The van der Waals surface area contributed by atoms with Crippen LogP contribution >= 0.6 is 0 Å². The third-order valence-corrected chi connectivity index (χ3v) is 7.04. The zero-order valence-corrected chi connectivity index (χ0v) is 26.7. The highest BCUT2D eigenvalue weighted by atomic mass is 16.5. The highest BCUT2D eigenvalue weighted by molar-refractivity contribution is 5.97. The third kappa shape index (κ3) is 7.87. The van der Waals surface area contributed by atoms with E-state index in [9.17, 15) is 24.0 Å². The Morgan fingerprint density at radius 1 is 0.766 bits per heavy atom. The lowest BCUT2D eigenvalue weighted by atomic mass is 10.2. The first-order valence-electron chi connectivity index (χ1n) is 14.9. The van der Waals surface area contributed by atoms with Crippen molar-refractivity contribution < 1.29 is 29.0 Å². The molecule has 13 heteroatoms. The molecule has 0 saturated heterocycles. The lowest BCUT2D eigenvalue weighted by molar-refractivity contribution is -0.119. The van der Waals surface area contributed by atoms with Crippen molar-refractivity contribution in [2.45, 2.75) is 47.7 Å². The van der Waals surface area contributed by atoms with Gasteiger partial charge in [0, 0.05) is 42.6 Å². The zero-order valence-electron chi connectivity index (χ0n) is 26.7. The molecule has 0 aliphatic rings. The van der Waals surface area contributed by atoms with E-state index in [1.807, 2.05) is 34.6 Å². The minimum absolute atomic E-state index is 0.135. The molecule has 0 unspecified atom stereocenters. The monoisotopic (exact) mass is 641 g/mol. The first-order chi connectivity index (χ1) is 22.5. The zero-order chi connectivity index (χ0) is 34.2. The highest BCUT2D eigenvalue weighted by Gasteiger charge is 2.19. The van der Waals surface area contributed by atoms with E-state index >= 15 is 0 Å². The van der Waals surface area contributed by atoms with Crippen LogP contribution in [0, 0.1) is 13.8 Å². The number of benzene rings is 1. The highest BCUT2D eigenvalue weighted by Crippen LogP contribution is 2.16. The normalized spacial score (nSPS) is 10.7. The van der Waals surface area contributed by atoms with E-state index in [1.54, 1.807) is 57.7 Å². The number of anilines is 1. The van der Waals surface area contributed by atoms with E-state index in [1.165, 1.54) is 12.4 Å². The summed E-state index contributed by atoms with van der Waals surface area (Å²) in [7, 11) is 0. The van der Waals surface area contributed by atoms with Gasteiger partial charge in [0.25, 0.3) is 5.91 Å². The number of aromatic carboxylic acids is 1. The number of esters is 1. The van der Waals surface area contributed by atoms with Gasteiger partial charge in [-0.3, -0.25) is 14.4 Å². The molecule has 0 atom stereocenters. The van der Waals surface area contributed by atoms with Gasteiger partial charge in [-0.2, -0.15) is 0 Å². The average Bonchev–Trinajstić information content (AvgIpc) is 3.05. The van der Waals surface area contributed by atoms with Crippen LogP contribution < -0.4 is 20.9 Å². The molecule has 0 aliphatic carbocycles. The van der Waals surface area contributed by atoms with Gasteiger partial charge in [-0.05, 0) is 83.1 Å². The molecule has 4 heterocycles. The number of aromatic nitrogens is 4. The van der Waals surface area contributed by atoms with E-state index < -0.39 is 35.3 Å². The molecule has 5 aromatic rings. The molecule has 13 nitrogen and oxygen atoms in total. The van der Waals surface area contributed by atoms with Crippen LogP contribution in [0.25, 0.3) is 22.1 Å². The smallest absolute Gasteiger partial charge is 0.344 e. The number of aryl methyl sites for hydroxylation is 4. The van der Waals surface area contributed by atoms with E-state index in [2.05, 4.69) is 15.3 Å². The maximum atomic E-state index is 12.7. The molecular weight excluding hydrogens is 606 g/mol.